The van der Waals surface area contributed by atoms with Crippen molar-refractivity contribution >= 4 is 11.2 Å². The van der Waals surface area contributed by atoms with Crippen molar-refractivity contribution < 1.29 is 4.55 Å². The second-order valence-corrected chi connectivity index (χ2v) is 3.46. The van der Waals surface area contributed by atoms with Gasteiger partial charge >= 0.3 is 0 Å². The van der Waals surface area contributed by atoms with Crippen molar-refractivity contribution in [1.82, 2.24) is 0 Å². The third-order valence-electron chi connectivity index (χ3n) is 1.22. The van der Waals surface area contributed by atoms with Crippen LogP contribution >= 0.6 is 0 Å². The molecule has 0 bridgehead atoms. The second kappa shape index (κ2) is 4.07. The van der Waals surface area contributed by atoms with E-state index in [1.54, 1.807) is 0 Å². The lowest BCUT2D eigenvalue weighted by Gasteiger charge is -2.05. The lowest BCUT2D eigenvalue weighted by molar-refractivity contribution is 0.598. The van der Waals surface area contributed by atoms with E-state index in [2.05, 4.69) is 5.92 Å². The fourth-order valence-electron chi connectivity index (χ4n) is 0.731. The van der Waals surface area contributed by atoms with E-state index in [1.807, 2.05) is 30.3 Å². The van der Waals surface area contributed by atoms with Crippen LogP contribution in [-0.4, -0.2) is 10.3 Å². The Morgan fingerprint density at radius 3 is 2.55 bits per heavy atom. The molecular formula is C9H8OS. The molecule has 0 aliphatic heterocycles. The van der Waals surface area contributed by atoms with Gasteiger partial charge in [0.15, 0.2) is 10.6 Å². The molecule has 0 amide bonds. The van der Waals surface area contributed by atoms with Gasteiger partial charge in [0.1, 0.15) is 0 Å². The first-order valence-corrected chi connectivity index (χ1v) is 4.53. The maximum absolute atomic E-state index is 11.2. The SMILES string of the molecule is C#CC[S+]([O-])c1ccccc1. The molecule has 1 rings (SSSR count). The first-order valence-electron chi connectivity index (χ1n) is 3.21. The third kappa shape index (κ3) is 2.30. The number of hydrogen-bond donors (Lipinski definition) is 0. The van der Waals surface area contributed by atoms with Gasteiger partial charge in [-0.1, -0.05) is 24.1 Å². The molecule has 0 aliphatic rings. The zero-order chi connectivity index (χ0) is 8.10. The molecule has 0 N–H and O–H groups in total. The molecule has 0 aromatic heterocycles. The normalized spacial score (nSPS) is 12.0. The smallest absolute Gasteiger partial charge is 0.170 e. The first kappa shape index (κ1) is 8.19. The highest BCUT2D eigenvalue weighted by Gasteiger charge is 2.05. The predicted octanol–water partition coefficient (Wildman–Crippen LogP) is 1.43. The van der Waals surface area contributed by atoms with Gasteiger partial charge in [0.2, 0.25) is 0 Å². The Hall–Kier alpha value is -0.910. The molecule has 0 fully saturated rings. The van der Waals surface area contributed by atoms with Crippen molar-refractivity contribution in [2.45, 2.75) is 4.90 Å². The Morgan fingerprint density at radius 2 is 2.00 bits per heavy atom. The highest BCUT2D eigenvalue weighted by atomic mass is 32.2. The fraction of sp³-hybridized carbons (Fsp3) is 0.111. The molecule has 1 atom stereocenters. The Kier molecular flexibility index (Phi) is 3.03. The Bertz CT molecular complexity index is 250. The lowest BCUT2D eigenvalue weighted by Crippen LogP contribution is -2.04. The van der Waals surface area contributed by atoms with Crippen LogP contribution in [0.15, 0.2) is 35.2 Å². The number of hydrogen-bond acceptors (Lipinski definition) is 1. The molecule has 0 heterocycles. The average Bonchev–Trinajstić information content (AvgIpc) is 2.07. The Labute approximate surface area is 69.6 Å². The standard InChI is InChI=1S/C9H8OS/c1-2-8-11(10)9-6-4-3-5-7-9/h1,3-7H,8H2. The van der Waals surface area contributed by atoms with Gasteiger partial charge in [0.05, 0.1) is 0 Å². The molecule has 1 nitrogen and oxygen atoms in total. The van der Waals surface area contributed by atoms with E-state index in [1.165, 1.54) is 0 Å². The van der Waals surface area contributed by atoms with Crippen LogP contribution < -0.4 is 0 Å². The van der Waals surface area contributed by atoms with Gasteiger partial charge in [0, 0.05) is 0 Å². The van der Waals surface area contributed by atoms with Gasteiger partial charge in [-0.05, 0) is 23.3 Å². The van der Waals surface area contributed by atoms with Gasteiger partial charge in [-0.25, -0.2) is 0 Å². The van der Waals surface area contributed by atoms with Crippen LogP contribution in [0.5, 0.6) is 0 Å². The van der Waals surface area contributed by atoms with Gasteiger partial charge in [-0.15, -0.1) is 6.42 Å². The maximum Gasteiger partial charge on any atom is 0.170 e. The highest BCUT2D eigenvalue weighted by molar-refractivity contribution is 7.91. The Balaban J connectivity index is 2.70. The first-order chi connectivity index (χ1) is 5.34. The number of benzene rings is 1. The van der Waals surface area contributed by atoms with E-state index in [0.29, 0.717) is 5.75 Å². The molecule has 0 saturated carbocycles. The van der Waals surface area contributed by atoms with Crippen molar-refractivity contribution in [2.75, 3.05) is 5.75 Å². The molecule has 0 saturated heterocycles. The fourth-order valence-corrected chi connectivity index (χ4v) is 1.51. The largest absolute Gasteiger partial charge is 0.611 e. The minimum Gasteiger partial charge on any atom is -0.611 e. The highest BCUT2D eigenvalue weighted by Crippen LogP contribution is 2.08. The lowest BCUT2D eigenvalue weighted by atomic mass is 10.4. The summed E-state index contributed by atoms with van der Waals surface area (Å²) in [5.74, 6) is 2.66. The molecule has 1 aromatic carbocycles. The maximum atomic E-state index is 11.2. The number of rotatable bonds is 2. The monoisotopic (exact) mass is 164 g/mol. The van der Waals surface area contributed by atoms with E-state index in [0.717, 1.165) is 4.90 Å². The van der Waals surface area contributed by atoms with Crippen LogP contribution in [0.4, 0.5) is 0 Å². The average molecular weight is 164 g/mol. The quantitative estimate of drug-likeness (QED) is 0.479. The Morgan fingerprint density at radius 1 is 1.36 bits per heavy atom. The topological polar surface area (TPSA) is 23.1 Å². The minimum absolute atomic E-state index is 0.296. The van der Waals surface area contributed by atoms with Crippen LogP contribution in [0.2, 0.25) is 0 Å². The summed E-state index contributed by atoms with van der Waals surface area (Å²) in [4.78, 5) is 0.797. The summed E-state index contributed by atoms with van der Waals surface area (Å²) < 4.78 is 11.2. The molecule has 2 heteroatoms. The molecule has 56 valence electrons. The van der Waals surface area contributed by atoms with Crippen molar-refractivity contribution in [1.29, 1.82) is 0 Å². The zero-order valence-electron chi connectivity index (χ0n) is 5.99. The van der Waals surface area contributed by atoms with Crippen molar-refractivity contribution in [2.24, 2.45) is 0 Å². The predicted molar refractivity (Wildman–Crippen MR) is 46.6 cm³/mol. The van der Waals surface area contributed by atoms with Crippen LogP contribution in [0.3, 0.4) is 0 Å². The molecule has 1 aromatic rings. The van der Waals surface area contributed by atoms with Crippen molar-refractivity contribution in [3.8, 4) is 12.3 Å². The van der Waals surface area contributed by atoms with E-state index in [9.17, 15) is 4.55 Å². The van der Waals surface area contributed by atoms with E-state index >= 15 is 0 Å². The summed E-state index contributed by atoms with van der Waals surface area (Å²) in [5, 5.41) is 0. The summed E-state index contributed by atoms with van der Waals surface area (Å²) in [5.41, 5.74) is 0. The van der Waals surface area contributed by atoms with E-state index in [-0.39, 0.29) is 0 Å². The van der Waals surface area contributed by atoms with Gasteiger partial charge in [-0.2, -0.15) is 0 Å². The van der Waals surface area contributed by atoms with Crippen LogP contribution in [-0.2, 0) is 11.2 Å². The summed E-state index contributed by atoms with van der Waals surface area (Å²) in [6, 6.07) is 9.21. The molecule has 11 heavy (non-hydrogen) atoms. The van der Waals surface area contributed by atoms with E-state index < -0.39 is 11.2 Å². The molecule has 0 aliphatic carbocycles. The van der Waals surface area contributed by atoms with Crippen molar-refractivity contribution in [3.63, 3.8) is 0 Å². The molecule has 1 unspecified atom stereocenters. The second-order valence-electron chi connectivity index (χ2n) is 2.01. The zero-order valence-corrected chi connectivity index (χ0v) is 6.80. The van der Waals surface area contributed by atoms with Gasteiger partial charge in [0.25, 0.3) is 0 Å². The summed E-state index contributed by atoms with van der Waals surface area (Å²) in [6.45, 7) is 0. The summed E-state index contributed by atoms with van der Waals surface area (Å²) >= 11 is -1.02. The van der Waals surface area contributed by atoms with Crippen LogP contribution in [0.25, 0.3) is 0 Å². The summed E-state index contributed by atoms with van der Waals surface area (Å²) in [6.07, 6.45) is 5.02. The van der Waals surface area contributed by atoms with Gasteiger partial charge < -0.3 is 4.55 Å². The molecule has 0 radical (unpaired) electrons. The van der Waals surface area contributed by atoms with Crippen molar-refractivity contribution in [3.05, 3.63) is 30.3 Å². The van der Waals surface area contributed by atoms with Crippen LogP contribution in [0.1, 0.15) is 0 Å². The van der Waals surface area contributed by atoms with E-state index in [4.69, 9.17) is 6.42 Å². The minimum atomic E-state index is -1.02. The number of terminal acetylenes is 1. The molecule has 0 spiro atoms. The molecular weight excluding hydrogens is 156 g/mol. The third-order valence-corrected chi connectivity index (χ3v) is 2.45. The van der Waals surface area contributed by atoms with Gasteiger partial charge in [-0.3, -0.25) is 0 Å². The summed E-state index contributed by atoms with van der Waals surface area (Å²) in [7, 11) is 0. The van der Waals surface area contributed by atoms with Crippen LogP contribution in [0, 0.1) is 12.3 Å².